The highest BCUT2D eigenvalue weighted by atomic mass is 35.5. The van der Waals surface area contributed by atoms with Gasteiger partial charge in [0.05, 0.1) is 5.69 Å². The quantitative estimate of drug-likeness (QED) is 0.607. The van der Waals surface area contributed by atoms with Crippen molar-refractivity contribution in [1.29, 1.82) is 0 Å². The Morgan fingerprint density at radius 1 is 1.17 bits per heavy atom. The normalized spacial score (nSPS) is 17.2. The van der Waals surface area contributed by atoms with E-state index >= 15 is 0 Å². The smallest absolute Gasteiger partial charge is 0.224 e. The lowest BCUT2D eigenvalue weighted by Gasteiger charge is -2.23. The summed E-state index contributed by atoms with van der Waals surface area (Å²) in [5.41, 5.74) is 1.69. The van der Waals surface area contributed by atoms with Crippen molar-refractivity contribution in [2.24, 2.45) is 4.99 Å². The Morgan fingerprint density at radius 2 is 1.83 bits per heavy atom. The van der Waals surface area contributed by atoms with Crippen LogP contribution >= 0.6 is 11.6 Å². The second-order valence-electron chi connectivity index (χ2n) is 4.54. The molecule has 0 atom stereocenters. The van der Waals surface area contributed by atoms with Gasteiger partial charge in [0.2, 0.25) is 5.28 Å². The largest absolute Gasteiger partial charge is 0.355 e. The molecule has 2 heterocycles. The summed E-state index contributed by atoms with van der Waals surface area (Å²) in [6, 6.07) is 0. The second kappa shape index (κ2) is 6.14. The topological polar surface area (TPSA) is 41.4 Å². The SMILES string of the molecule is CC=Nc1c(C)nc(Cl)nc1N1CCCCCC1. The van der Waals surface area contributed by atoms with E-state index in [0.29, 0.717) is 5.28 Å². The maximum Gasteiger partial charge on any atom is 0.224 e. The predicted octanol–water partition coefficient (Wildman–Crippen LogP) is 3.54. The molecular formula is C13H19ClN4. The van der Waals surface area contributed by atoms with Gasteiger partial charge in [0, 0.05) is 19.3 Å². The fourth-order valence-corrected chi connectivity index (χ4v) is 2.51. The minimum absolute atomic E-state index is 0.307. The fraction of sp³-hybridized carbons (Fsp3) is 0.615. The summed E-state index contributed by atoms with van der Waals surface area (Å²) < 4.78 is 0. The van der Waals surface area contributed by atoms with Gasteiger partial charge >= 0.3 is 0 Å². The van der Waals surface area contributed by atoms with Crippen molar-refractivity contribution in [2.75, 3.05) is 18.0 Å². The summed E-state index contributed by atoms with van der Waals surface area (Å²) in [5, 5.41) is 0.307. The number of aliphatic imine (C=N–C) groups is 1. The van der Waals surface area contributed by atoms with Crippen LogP contribution in [0.4, 0.5) is 11.5 Å². The highest BCUT2D eigenvalue weighted by Crippen LogP contribution is 2.31. The molecule has 1 aliphatic heterocycles. The van der Waals surface area contributed by atoms with E-state index in [1.165, 1.54) is 25.7 Å². The highest BCUT2D eigenvalue weighted by Gasteiger charge is 2.17. The van der Waals surface area contributed by atoms with Crippen molar-refractivity contribution >= 4 is 29.3 Å². The number of hydrogen-bond acceptors (Lipinski definition) is 4. The van der Waals surface area contributed by atoms with E-state index in [9.17, 15) is 0 Å². The Hall–Kier alpha value is -1.16. The molecule has 98 valence electrons. The second-order valence-corrected chi connectivity index (χ2v) is 4.88. The minimum Gasteiger partial charge on any atom is -0.355 e. The first-order chi connectivity index (χ1) is 8.72. The van der Waals surface area contributed by atoms with Crippen LogP contribution in [0.2, 0.25) is 5.28 Å². The fourth-order valence-electron chi connectivity index (χ4n) is 2.30. The standard InChI is InChI=1S/C13H19ClN4/c1-3-15-11-10(2)16-13(14)17-12(11)18-8-6-4-5-7-9-18/h3H,4-9H2,1-2H3. The first-order valence-electron chi connectivity index (χ1n) is 6.50. The van der Waals surface area contributed by atoms with Crippen LogP contribution in [-0.2, 0) is 0 Å². The molecule has 0 radical (unpaired) electrons. The van der Waals surface area contributed by atoms with Gasteiger partial charge in [0.1, 0.15) is 5.69 Å². The van der Waals surface area contributed by atoms with Gasteiger partial charge in [-0.1, -0.05) is 12.8 Å². The lowest BCUT2D eigenvalue weighted by Crippen LogP contribution is -2.25. The van der Waals surface area contributed by atoms with Crippen molar-refractivity contribution in [3.05, 3.63) is 11.0 Å². The monoisotopic (exact) mass is 266 g/mol. The molecule has 0 N–H and O–H groups in total. The van der Waals surface area contributed by atoms with E-state index in [-0.39, 0.29) is 0 Å². The summed E-state index contributed by atoms with van der Waals surface area (Å²) in [5.74, 6) is 0.882. The molecule has 1 fully saturated rings. The number of halogens is 1. The van der Waals surface area contributed by atoms with Gasteiger partial charge in [-0.15, -0.1) is 0 Å². The molecule has 0 aliphatic carbocycles. The van der Waals surface area contributed by atoms with Crippen LogP contribution in [0.1, 0.15) is 38.3 Å². The average Bonchev–Trinajstić information content (AvgIpc) is 2.61. The van der Waals surface area contributed by atoms with Gasteiger partial charge in [-0.05, 0) is 38.3 Å². The molecule has 1 aliphatic rings. The zero-order valence-corrected chi connectivity index (χ0v) is 11.7. The molecule has 4 nitrogen and oxygen atoms in total. The lowest BCUT2D eigenvalue weighted by molar-refractivity contribution is 0.726. The number of nitrogens with zero attached hydrogens (tertiary/aromatic N) is 4. The number of hydrogen-bond donors (Lipinski definition) is 0. The first-order valence-corrected chi connectivity index (χ1v) is 6.88. The first kappa shape index (κ1) is 13.3. The summed E-state index contributed by atoms with van der Waals surface area (Å²) in [6.45, 7) is 5.88. The van der Waals surface area contributed by atoms with Gasteiger partial charge in [0.15, 0.2) is 5.82 Å². The summed E-state index contributed by atoms with van der Waals surface area (Å²) >= 11 is 5.98. The van der Waals surface area contributed by atoms with Crippen molar-refractivity contribution in [3.63, 3.8) is 0 Å². The zero-order valence-electron chi connectivity index (χ0n) is 11.0. The third-order valence-electron chi connectivity index (χ3n) is 3.18. The lowest BCUT2D eigenvalue weighted by atomic mass is 10.2. The van der Waals surface area contributed by atoms with Crippen LogP contribution in [0.25, 0.3) is 0 Å². The molecule has 0 unspecified atom stereocenters. The molecule has 2 rings (SSSR count). The van der Waals surface area contributed by atoms with Crippen molar-refractivity contribution < 1.29 is 0 Å². The van der Waals surface area contributed by atoms with Gasteiger partial charge in [-0.2, -0.15) is 4.98 Å². The predicted molar refractivity (Wildman–Crippen MR) is 76.3 cm³/mol. The number of anilines is 1. The van der Waals surface area contributed by atoms with E-state index in [4.69, 9.17) is 11.6 Å². The molecule has 18 heavy (non-hydrogen) atoms. The van der Waals surface area contributed by atoms with Crippen LogP contribution in [0.3, 0.4) is 0 Å². The van der Waals surface area contributed by atoms with Gasteiger partial charge in [-0.3, -0.25) is 4.99 Å². The number of aromatic nitrogens is 2. The highest BCUT2D eigenvalue weighted by molar-refractivity contribution is 6.28. The molecule has 0 amide bonds. The third-order valence-corrected chi connectivity index (χ3v) is 3.35. The molecular weight excluding hydrogens is 248 g/mol. The third kappa shape index (κ3) is 2.99. The van der Waals surface area contributed by atoms with Crippen LogP contribution in [0.15, 0.2) is 4.99 Å². The van der Waals surface area contributed by atoms with E-state index < -0.39 is 0 Å². The Bertz CT molecular complexity index is 437. The van der Waals surface area contributed by atoms with E-state index in [1.54, 1.807) is 6.21 Å². The molecule has 0 bridgehead atoms. The van der Waals surface area contributed by atoms with Crippen molar-refractivity contribution in [2.45, 2.75) is 39.5 Å². The van der Waals surface area contributed by atoms with E-state index in [1.807, 2.05) is 13.8 Å². The Kier molecular flexibility index (Phi) is 4.53. The maximum absolute atomic E-state index is 5.98. The molecule has 0 spiro atoms. The van der Waals surface area contributed by atoms with Gasteiger partial charge in [-0.25, -0.2) is 4.98 Å². The van der Waals surface area contributed by atoms with Gasteiger partial charge in [0.25, 0.3) is 0 Å². The Balaban J connectivity index is 2.40. The van der Waals surface area contributed by atoms with Crippen LogP contribution in [-0.4, -0.2) is 29.3 Å². The summed E-state index contributed by atoms with van der Waals surface area (Å²) in [7, 11) is 0. The Labute approximate surface area is 113 Å². The van der Waals surface area contributed by atoms with Crippen LogP contribution < -0.4 is 4.90 Å². The maximum atomic E-state index is 5.98. The van der Waals surface area contributed by atoms with Crippen molar-refractivity contribution in [3.8, 4) is 0 Å². The van der Waals surface area contributed by atoms with E-state index in [0.717, 1.165) is 30.3 Å². The summed E-state index contributed by atoms with van der Waals surface area (Å²) in [4.78, 5) is 15.3. The minimum atomic E-state index is 0.307. The molecule has 5 heteroatoms. The van der Waals surface area contributed by atoms with Crippen molar-refractivity contribution in [1.82, 2.24) is 9.97 Å². The molecule has 0 saturated carbocycles. The number of rotatable bonds is 2. The molecule has 1 aromatic rings. The average molecular weight is 267 g/mol. The zero-order chi connectivity index (χ0) is 13.0. The Morgan fingerprint density at radius 3 is 2.44 bits per heavy atom. The molecule has 0 aromatic carbocycles. The summed E-state index contributed by atoms with van der Waals surface area (Å²) in [6.07, 6.45) is 6.77. The van der Waals surface area contributed by atoms with Gasteiger partial charge < -0.3 is 4.90 Å². The van der Waals surface area contributed by atoms with Crippen LogP contribution in [0, 0.1) is 6.92 Å². The van der Waals surface area contributed by atoms with Crippen LogP contribution in [0.5, 0.6) is 0 Å². The van der Waals surface area contributed by atoms with E-state index in [2.05, 4.69) is 19.9 Å². The number of aryl methyl sites for hydroxylation is 1. The molecule has 1 aromatic heterocycles. The molecule has 1 saturated heterocycles.